The number of thiophene rings is 1. The predicted octanol–water partition coefficient (Wildman–Crippen LogP) is 3.73. The average molecular weight is 539 g/mol. The van der Waals surface area contributed by atoms with Gasteiger partial charge in [0, 0.05) is 23.7 Å². The molecule has 0 bridgehead atoms. The number of methoxy groups -OCH3 is 1. The van der Waals surface area contributed by atoms with Gasteiger partial charge >= 0.3 is 0 Å². The normalized spacial score (nSPS) is 19.1. The van der Waals surface area contributed by atoms with Gasteiger partial charge in [0.1, 0.15) is 22.0 Å². The molecular weight excluding hydrogens is 512 g/mol. The lowest BCUT2D eigenvalue weighted by molar-refractivity contribution is -0.116. The second-order valence-electron chi connectivity index (χ2n) is 9.01. The minimum absolute atomic E-state index is 0.00649. The Kier molecular flexibility index (Phi) is 7.23. The van der Waals surface area contributed by atoms with Crippen LogP contribution < -0.4 is 15.6 Å². The maximum atomic E-state index is 13.6. The highest BCUT2D eigenvalue weighted by atomic mass is 35.5. The van der Waals surface area contributed by atoms with Crippen LogP contribution in [0, 0.1) is 18.8 Å². The number of benzene rings is 1. The Morgan fingerprint density at radius 2 is 1.97 bits per heavy atom. The SMILES string of the molecule is COc1ccc(NC(=O)Cn2cnc3sc(C)c(S(=O)(=O)N4C[C@@H](C)C[C@H](C)C4)c3c2=O)cc1Cl. The molecule has 3 heterocycles. The first kappa shape index (κ1) is 25.6. The number of hydrogen-bond acceptors (Lipinski definition) is 7. The van der Waals surface area contributed by atoms with E-state index in [1.165, 1.54) is 23.8 Å². The average Bonchev–Trinajstić information content (AvgIpc) is 3.12. The van der Waals surface area contributed by atoms with E-state index in [-0.39, 0.29) is 28.7 Å². The number of nitrogens with one attached hydrogen (secondary N) is 1. The summed E-state index contributed by atoms with van der Waals surface area (Å²) in [5.41, 5.74) is -0.134. The van der Waals surface area contributed by atoms with Crippen LogP contribution in [0.25, 0.3) is 10.2 Å². The number of rotatable bonds is 6. The van der Waals surface area contributed by atoms with Crippen molar-refractivity contribution in [2.75, 3.05) is 25.5 Å². The van der Waals surface area contributed by atoms with E-state index in [2.05, 4.69) is 10.3 Å². The fourth-order valence-electron chi connectivity index (χ4n) is 4.57. The lowest BCUT2D eigenvalue weighted by Gasteiger charge is -2.34. The highest BCUT2D eigenvalue weighted by Gasteiger charge is 2.35. The van der Waals surface area contributed by atoms with Gasteiger partial charge in [0.25, 0.3) is 5.56 Å². The summed E-state index contributed by atoms with van der Waals surface area (Å²) in [5, 5.41) is 3.04. The quantitative estimate of drug-likeness (QED) is 0.512. The third-order valence-electron chi connectivity index (χ3n) is 5.98. The number of aryl methyl sites for hydroxylation is 1. The Morgan fingerprint density at radius 1 is 1.29 bits per heavy atom. The van der Waals surface area contributed by atoms with Crippen LogP contribution in [-0.2, 0) is 21.4 Å². The van der Waals surface area contributed by atoms with E-state index in [1.54, 1.807) is 19.1 Å². The Hall–Kier alpha value is -2.47. The first-order valence-corrected chi connectivity index (χ1v) is 13.8. The van der Waals surface area contributed by atoms with Crippen molar-refractivity contribution in [1.82, 2.24) is 13.9 Å². The number of nitrogens with zero attached hydrogens (tertiary/aromatic N) is 3. The standard InChI is InChI=1S/C23H27ClN4O5S2/c1-13-7-14(2)10-28(9-13)35(31,32)21-15(3)34-22-20(21)23(30)27(12-25-22)11-19(29)26-16-5-6-18(33-4)17(24)8-16/h5-6,8,12-14H,7,9-11H2,1-4H3,(H,26,29)/t13-,14-/m0/s1. The van der Waals surface area contributed by atoms with Gasteiger partial charge in [0.05, 0.1) is 23.8 Å². The molecule has 1 saturated heterocycles. The topological polar surface area (TPSA) is 111 Å². The summed E-state index contributed by atoms with van der Waals surface area (Å²) in [5.74, 6) is 0.437. The van der Waals surface area contributed by atoms with E-state index >= 15 is 0 Å². The molecule has 0 saturated carbocycles. The van der Waals surface area contributed by atoms with Crippen LogP contribution in [0.5, 0.6) is 5.75 Å². The first-order valence-electron chi connectivity index (χ1n) is 11.1. The molecule has 1 fully saturated rings. The lowest BCUT2D eigenvalue weighted by Crippen LogP contribution is -2.42. The number of carbonyl (C=O) groups is 1. The largest absolute Gasteiger partial charge is 0.495 e. The molecule has 0 aliphatic carbocycles. The molecule has 1 aliphatic rings. The van der Waals surface area contributed by atoms with Crippen LogP contribution in [0.3, 0.4) is 0 Å². The molecule has 4 rings (SSSR count). The number of anilines is 1. The summed E-state index contributed by atoms with van der Waals surface area (Å²) in [6.45, 7) is 6.22. The molecule has 0 spiro atoms. The molecule has 1 N–H and O–H groups in total. The van der Waals surface area contributed by atoms with Crippen molar-refractivity contribution in [3.8, 4) is 5.75 Å². The fraction of sp³-hybridized carbons (Fsp3) is 0.435. The molecule has 3 aromatic rings. The monoisotopic (exact) mass is 538 g/mol. The van der Waals surface area contributed by atoms with Crippen molar-refractivity contribution in [1.29, 1.82) is 0 Å². The molecule has 1 amide bonds. The van der Waals surface area contributed by atoms with Crippen LogP contribution in [-0.4, -0.2) is 48.4 Å². The summed E-state index contributed by atoms with van der Waals surface area (Å²) in [7, 11) is -2.42. The third kappa shape index (κ3) is 5.09. The van der Waals surface area contributed by atoms with Crippen molar-refractivity contribution >= 4 is 54.8 Å². The summed E-state index contributed by atoms with van der Waals surface area (Å²) in [6.07, 6.45) is 2.22. The van der Waals surface area contributed by atoms with Crippen molar-refractivity contribution in [2.24, 2.45) is 11.8 Å². The molecular formula is C23H27ClN4O5S2. The summed E-state index contributed by atoms with van der Waals surface area (Å²) < 4.78 is 35.0. The van der Waals surface area contributed by atoms with Gasteiger partial charge in [-0.1, -0.05) is 25.4 Å². The van der Waals surface area contributed by atoms with Crippen LogP contribution in [0.15, 0.2) is 34.2 Å². The van der Waals surface area contributed by atoms with Gasteiger partial charge in [-0.05, 0) is 43.4 Å². The number of fused-ring (bicyclic) bond motifs is 1. The Balaban J connectivity index is 1.66. The van der Waals surface area contributed by atoms with E-state index in [9.17, 15) is 18.0 Å². The predicted molar refractivity (Wildman–Crippen MR) is 137 cm³/mol. The van der Waals surface area contributed by atoms with Crippen LogP contribution in [0.2, 0.25) is 5.02 Å². The zero-order valence-electron chi connectivity index (χ0n) is 19.9. The summed E-state index contributed by atoms with van der Waals surface area (Å²) in [6, 6.07) is 4.78. The van der Waals surface area contributed by atoms with E-state index in [0.29, 0.717) is 39.3 Å². The zero-order chi connectivity index (χ0) is 25.5. The van der Waals surface area contributed by atoms with E-state index < -0.39 is 21.5 Å². The Bertz CT molecular complexity index is 1440. The van der Waals surface area contributed by atoms with E-state index in [4.69, 9.17) is 16.3 Å². The zero-order valence-corrected chi connectivity index (χ0v) is 22.3. The number of hydrogen-bond donors (Lipinski definition) is 1. The molecule has 2 aromatic heterocycles. The third-order valence-corrected chi connectivity index (χ3v) is 9.42. The fourth-order valence-corrected chi connectivity index (χ4v) is 8.17. The van der Waals surface area contributed by atoms with E-state index in [1.807, 2.05) is 13.8 Å². The molecule has 0 unspecified atom stereocenters. The van der Waals surface area contributed by atoms with Gasteiger partial charge in [-0.15, -0.1) is 11.3 Å². The molecule has 9 nitrogen and oxygen atoms in total. The Labute approximate surface area is 212 Å². The van der Waals surface area contributed by atoms with Crippen molar-refractivity contribution < 1.29 is 17.9 Å². The van der Waals surface area contributed by atoms with Gasteiger partial charge in [-0.3, -0.25) is 14.2 Å². The van der Waals surface area contributed by atoms with Gasteiger partial charge < -0.3 is 10.1 Å². The molecule has 1 aromatic carbocycles. The summed E-state index contributed by atoms with van der Waals surface area (Å²) >= 11 is 7.27. The van der Waals surface area contributed by atoms with Crippen molar-refractivity contribution in [2.45, 2.75) is 38.6 Å². The number of halogens is 1. The smallest absolute Gasteiger partial charge is 0.263 e. The van der Waals surface area contributed by atoms with Crippen molar-refractivity contribution in [3.63, 3.8) is 0 Å². The number of sulfonamides is 1. The number of piperidine rings is 1. The second-order valence-corrected chi connectivity index (χ2v) is 12.5. The van der Waals surface area contributed by atoms with Gasteiger partial charge in [-0.2, -0.15) is 4.31 Å². The lowest BCUT2D eigenvalue weighted by atomic mass is 9.94. The molecule has 0 radical (unpaired) electrons. The first-order chi connectivity index (χ1) is 16.5. The Morgan fingerprint density at radius 3 is 2.60 bits per heavy atom. The molecule has 2 atom stereocenters. The molecule has 188 valence electrons. The molecule has 12 heteroatoms. The molecule has 35 heavy (non-hydrogen) atoms. The molecule has 1 aliphatic heterocycles. The number of amides is 1. The number of carbonyl (C=O) groups excluding carboxylic acids is 1. The minimum atomic E-state index is -3.91. The van der Waals surface area contributed by atoms with Gasteiger partial charge in [-0.25, -0.2) is 13.4 Å². The minimum Gasteiger partial charge on any atom is -0.495 e. The maximum Gasteiger partial charge on any atom is 0.263 e. The van der Waals surface area contributed by atoms with Gasteiger partial charge in [0.2, 0.25) is 15.9 Å². The second kappa shape index (κ2) is 9.88. The van der Waals surface area contributed by atoms with Crippen LogP contribution in [0.1, 0.15) is 25.1 Å². The van der Waals surface area contributed by atoms with Crippen molar-refractivity contribution in [3.05, 3.63) is 44.8 Å². The van der Waals surface area contributed by atoms with Crippen LogP contribution >= 0.6 is 22.9 Å². The number of aromatic nitrogens is 2. The summed E-state index contributed by atoms with van der Waals surface area (Å²) in [4.78, 5) is 31.1. The van der Waals surface area contributed by atoms with E-state index in [0.717, 1.165) is 22.3 Å². The van der Waals surface area contributed by atoms with Gasteiger partial charge in [0.15, 0.2) is 0 Å². The maximum absolute atomic E-state index is 13.6. The highest BCUT2D eigenvalue weighted by molar-refractivity contribution is 7.89. The highest BCUT2D eigenvalue weighted by Crippen LogP contribution is 2.35. The number of ether oxygens (including phenoxy) is 1. The van der Waals surface area contributed by atoms with Crippen LogP contribution in [0.4, 0.5) is 5.69 Å².